The summed E-state index contributed by atoms with van der Waals surface area (Å²) in [6, 6.07) is 5.94. The zero-order valence-electron chi connectivity index (χ0n) is 10.3. The number of nitrogens with one attached hydrogen (secondary N) is 1. The van der Waals surface area contributed by atoms with E-state index in [9.17, 15) is 0 Å². The second-order valence-corrected chi connectivity index (χ2v) is 5.11. The van der Waals surface area contributed by atoms with E-state index in [0.717, 1.165) is 29.2 Å². The normalized spacial score (nSPS) is 18.8. The van der Waals surface area contributed by atoms with E-state index in [-0.39, 0.29) is 11.5 Å². The van der Waals surface area contributed by atoms with E-state index in [1.165, 1.54) is 0 Å². The molecule has 94 valence electrons. The minimum Gasteiger partial charge on any atom is -0.496 e. The zero-order chi connectivity index (χ0) is 12.5. The minimum absolute atomic E-state index is 0.173. The van der Waals surface area contributed by atoms with Gasteiger partial charge in [-0.05, 0) is 44.6 Å². The van der Waals surface area contributed by atoms with Gasteiger partial charge in [0.2, 0.25) is 0 Å². The highest BCUT2D eigenvalue weighted by atomic mass is 35.5. The number of methoxy groups -OCH3 is 1. The maximum Gasteiger partial charge on any atom is 0.123 e. The number of ether oxygens (including phenoxy) is 1. The molecule has 1 atom stereocenters. The summed E-state index contributed by atoms with van der Waals surface area (Å²) in [5.41, 5.74) is 7.17. The molecule has 0 amide bonds. The molecule has 0 aliphatic heterocycles. The Kier molecular flexibility index (Phi) is 3.61. The molecule has 3 nitrogen and oxygen atoms in total. The number of nitrogens with two attached hydrogens (primary N) is 1. The van der Waals surface area contributed by atoms with Gasteiger partial charge in [0.15, 0.2) is 0 Å². The molecular weight excluding hydrogens is 236 g/mol. The van der Waals surface area contributed by atoms with Crippen molar-refractivity contribution in [2.45, 2.75) is 18.9 Å². The molecule has 1 aromatic carbocycles. The summed E-state index contributed by atoms with van der Waals surface area (Å²) in [7, 11) is 3.64. The lowest BCUT2D eigenvalue weighted by Crippen LogP contribution is -2.32. The molecule has 2 rings (SSSR count). The lowest BCUT2D eigenvalue weighted by atomic mass is 9.89. The lowest BCUT2D eigenvalue weighted by molar-refractivity contribution is 0.343. The van der Waals surface area contributed by atoms with Crippen molar-refractivity contribution in [1.29, 1.82) is 0 Å². The Labute approximate surface area is 107 Å². The Morgan fingerprint density at radius 3 is 2.71 bits per heavy atom. The first kappa shape index (κ1) is 12.7. The quantitative estimate of drug-likeness (QED) is 0.848. The first-order valence-corrected chi connectivity index (χ1v) is 6.25. The van der Waals surface area contributed by atoms with Crippen LogP contribution in [0.4, 0.5) is 0 Å². The molecule has 1 saturated carbocycles. The van der Waals surface area contributed by atoms with Crippen LogP contribution in [-0.2, 0) is 0 Å². The molecule has 0 radical (unpaired) electrons. The van der Waals surface area contributed by atoms with Crippen LogP contribution in [0.1, 0.15) is 24.4 Å². The molecule has 0 aromatic heterocycles. The smallest absolute Gasteiger partial charge is 0.123 e. The van der Waals surface area contributed by atoms with Crippen LogP contribution in [0, 0.1) is 5.41 Å². The Morgan fingerprint density at radius 1 is 1.53 bits per heavy atom. The summed E-state index contributed by atoms with van der Waals surface area (Å²) in [4.78, 5) is 0. The Hall–Kier alpha value is -0.770. The third kappa shape index (κ3) is 2.28. The van der Waals surface area contributed by atoms with Crippen LogP contribution in [0.25, 0.3) is 0 Å². The summed E-state index contributed by atoms with van der Waals surface area (Å²) in [5.74, 6) is 0.869. The molecule has 0 saturated heterocycles. The topological polar surface area (TPSA) is 47.3 Å². The van der Waals surface area contributed by atoms with Gasteiger partial charge in [-0.1, -0.05) is 11.6 Å². The number of hydrogen-bond acceptors (Lipinski definition) is 3. The van der Waals surface area contributed by atoms with Gasteiger partial charge in [-0.2, -0.15) is 0 Å². The average molecular weight is 255 g/mol. The lowest BCUT2D eigenvalue weighted by Gasteiger charge is -2.27. The Morgan fingerprint density at radius 2 is 2.24 bits per heavy atom. The molecule has 0 bridgehead atoms. The van der Waals surface area contributed by atoms with Crippen LogP contribution in [0.3, 0.4) is 0 Å². The third-order valence-electron chi connectivity index (χ3n) is 3.70. The maximum atomic E-state index is 6.07. The SMILES string of the molecule is CNC(c1cc(Cl)ccc1OC)C1(CN)CC1. The van der Waals surface area contributed by atoms with E-state index < -0.39 is 0 Å². The van der Waals surface area contributed by atoms with Crippen molar-refractivity contribution in [1.82, 2.24) is 5.32 Å². The van der Waals surface area contributed by atoms with E-state index in [2.05, 4.69) is 5.32 Å². The Bertz CT molecular complexity index is 404. The van der Waals surface area contributed by atoms with Crippen LogP contribution in [-0.4, -0.2) is 20.7 Å². The van der Waals surface area contributed by atoms with Crippen LogP contribution >= 0.6 is 11.6 Å². The molecule has 1 aliphatic carbocycles. The largest absolute Gasteiger partial charge is 0.496 e. The predicted molar refractivity (Wildman–Crippen MR) is 70.5 cm³/mol. The van der Waals surface area contributed by atoms with E-state index in [1.807, 2.05) is 25.2 Å². The van der Waals surface area contributed by atoms with Crippen molar-refractivity contribution in [3.05, 3.63) is 28.8 Å². The standard InChI is InChI=1S/C13H19ClN2O/c1-16-12(13(8-15)5-6-13)10-7-9(14)3-4-11(10)17-2/h3-4,7,12,16H,5-6,8,15H2,1-2H3. The van der Waals surface area contributed by atoms with Crippen LogP contribution in [0.15, 0.2) is 18.2 Å². The average Bonchev–Trinajstić information content (AvgIpc) is 3.11. The van der Waals surface area contributed by atoms with Crippen molar-refractivity contribution in [2.75, 3.05) is 20.7 Å². The molecule has 4 heteroatoms. The van der Waals surface area contributed by atoms with Gasteiger partial charge in [0.1, 0.15) is 5.75 Å². The van der Waals surface area contributed by atoms with Gasteiger partial charge in [0, 0.05) is 22.0 Å². The highest BCUT2D eigenvalue weighted by molar-refractivity contribution is 6.30. The predicted octanol–water partition coefficient (Wildman–Crippen LogP) is 2.35. The van der Waals surface area contributed by atoms with Crippen LogP contribution in [0.2, 0.25) is 5.02 Å². The second-order valence-electron chi connectivity index (χ2n) is 4.67. The van der Waals surface area contributed by atoms with E-state index in [4.69, 9.17) is 22.1 Å². The highest BCUT2D eigenvalue weighted by Crippen LogP contribution is 2.55. The number of benzene rings is 1. The molecule has 1 fully saturated rings. The fourth-order valence-corrected chi connectivity index (χ4v) is 2.67. The summed E-state index contributed by atoms with van der Waals surface area (Å²) < 4.78 is 5.41. The first-order chi connectivity index (χ1) is 8.16. The van der Waals surface area contributed by atoms with Crippen molar-refractivity contribution in [3.63, 3.8) is 0 Å². The van der Waals surface area contributed by atoms with Gasteiger partial charge in [0.05, 0.1) is 7.11 Å². The van der Waals surface area contributed by atoms with Crippen molar-refractivity contribution in [2.24, 2.45) is 11.1 Å². The highest BCUT2D eigenvalue weighted by Gasteiger charge is 2.49. The molecule has 1 unspecified atom stereocenters. The van der Waals surface area contributed by atoms with Crippen molar-refractivity contribution in [3.8, 4) is 5.75 Å². The van der Waals surface area contributed by atoms with Gasteiger partial charge >= 0.3 is 0 Å². The monoisotopic (exact) mass is 254 g/mol. The molecule has 17 heavy (non-hydrogen) atoms. The number of rotatable bonds is 5. The molecule has 3 N–H and O–H groups in total. The molecule has 0 heterocycles. The molecule has 1 aromatic rings. The van der Waals surface area contributed by atoms with E-state index in [1.54, 1.807) is 7.11 Å². The minimum atomic E-state index is 0.173. The molecular formula is C13H19ClN2O. The summed E-state index contributed by atoms with van der Waals surface area (Å²) >= 11 is 6.07. The van der Waals surface area contributed by atoms with Gasteiger partial charge < -0.3 is 15.8 Å². The first-order valence-electron chi connectivity index (χ1n) is 5.87. The second kappa shape index (κ2) is 4.84. The van der Waals surface area contributed by atoms with E-state index in [0.29, 0.717) is 6.54 Å². The van der Waals surface area contributed by atoms with Gasteiger partial charge in [0.25, 0.3) is 0 Å². The molecule has 0 spiro atoms. The van der Waals surface area contributed by atoms with Gasteiger partial charge in [-0.15, -0.1) is 0 Å². The molecule has 1 aliphatic rings. The fourth-order valence-electron chi connectivity index (χ4n) is 2.49. The summed E-state index contributed by atoms with van der Waals surface area (Å²) in [5, 5.41) is 4.09. The summed E-state index contributed by atoms with van der Waals surface area (Å²) in [6.07, 6.45) is 2.31. The number of hydrogen-bond donors (Lipinski definition) is 2. The van der Waals surface area contributed by atoms with Crippen LogP contribution < -0.4 is 15.8 Å². The third-order valence-corrected chi connectivity index (χ3v) is 3.94. The Balaban J connectivity index is 2.39. The number of halogens is 1. The zero-order valence-corrected chi connectivity index (χ0v) is 11.1. The van der Waals surface area contributed by atoms with E-state index >= 15 is 0 Å². The van der Waals surface area contributed by atoms with Gasteiger partial charge in [-0.25, -0.2) is 0 Å². The van der Waals surface area contributed by atoms with Crippen LogP contribution in [0.5, 0.6) is 5.75 Å². The van der Waals surface area contributed by atoms with Crippen molar-refractivity contribution >= 4 is 11.6 Å². The van der Waals surface area contributed by atoms with Gasteiger partial charge in [-0.3, -0.25) is 0 Å². The van der Waals surface area contributed by atoms with Crippen molar-refractivity contribution < 1.29 is 4.74 Å². The summed E-state index contributed by atoms with van der Waals surface area (Å²) in [6.45, 7) is 0.689. The maximum absolute atomic E-state index is 6.07. The fraction of sp³-hybridized carbons (Fsp3) is 0.538.